The molecule has 1 aromatic carbocycles. The number of anilines is 2. The van der Waals surface area contributed by atoms with Gasteiger partial charge in [-0.2, -0.15) is 0 Å². The Morgan fingerprint density at radius 3 is 2.41 bits per heavy atom. The van der Waals surface area contributed by atoms with E-state index in [0.29, 0.717) is 24.9 Å². The molecular formula is C27H34N4O3. The molecule has 5 rings (SSSR count). The molecule has 0 unspecified atom stereocenters. The molecule has 0 radical (unpaired) electrons. The number of hydrogen-bond donors (Lipinski definition) is 1. The normalized spacial score (nSPS) is 19.6. The molecule has 7 heteroatoms. The zero-order chi connectivity index (χ0) is 23.3. The summed E-state index contributed by atoms with van der Waals surface area (Å²) in [5, 5.41) is 3.01. The van der Waals surface area contributed by atoms with E-state index in [1.807, 2.05) is 47.5 Å². The summed E-state index contributed by atoms with van der Waals surface area (Å²) in [6.07, 6.45) is 11.1. The smallest absolute Gasteiger partial charge is 0.231 e. The molecule has 1 aromatic heterocycles. The van der Waals surface area contributed by atoms with Gasteiger partial charge in [0.05, 0.1) is 17.8 Å². The average Bonchev–Trinajstić information content (AvgIpc) is 3.34. The first-order chi connectivity index (χ1) is 16.6. The van der Waals surface area contributed by atoms with Crippen LogP contribution >= 0.6 is 0 Å². The van der Waals surface area contributed by atoms with Gasteiger partial charge in [0.15, 0.2) is 0 Å². The number of carbonyl (C=O) groups is 2. The van der Waals surface area contributed by atoms with Gasteiger partial charge in [-0.25, -0.2) is 0 Å². The Labute approximate surface area is 201 Å². The van der Waals surface area contributed by atoms with E-state index >= 15 is 0 Å². The third-order valence-corrected chi connectivity index (χ3v) is 7.42. The van der Waals surface area contributed by atoms with Crippen molar-refractivity contribution in [2.24, 2.45) is 11.8 Å². The van der Waals surface area contributed by atoms with E-state index < -0.39 is 0 Å². The molecule has 3 heterocycles. The van der Waals surface area contributed by atoms with Gasteiger partial charge in [-0.3, -0.25) is 14.6 Å². The first-order valence-corrected chi connectivity index (χ1v) is 12.6. The third-order valence-electron chi connectivity index (χ3n) is 7.42. The number of benzene rings is 1. The Kier molecular flexibility index (Phi) is 6.97. The van der Waals surface area contributed by atoms with Gasteiger partial charge < -0.3 is 19.9 Å². The first-order valence-electron chi connectivity index (χ1n) is 12.6. The molecular weight excluding hydrogens is 428 g/mol. The number of nitrogens with zero attached hydrogens (tertiary/aromatic N) is 3. The Morgan fingerprint density at radius 1 is 1.00 bits per heavy atom. The van der Waals surface area contributed by atoms with Gasteiger partial charge in [-0.1, -0.05) is 12.8 Å². The fourth-order valence-corrected chi connectivity index (χ4v) is 5.26. The lowest BCUT2D eigenvalue weighted by Gasteiger charge is -2.39. The van der Waals surface area contributed by atoms with Crippen LogP contribution < -0.4 is 15.0 Å². The molecule has 3 aliphatic rings. The summed E-state index contributed by atoms with van der Waals surface area (Å²) in [6, 6.07) is 11.5. The molecule has 1 saturated carbocycles. The monoisotopic (exact) mass is 462 g/mol. The third kappa shape index (κ3) is 5.51. The van der Waals surface area contributed by atoms with Crippen molar-refractivity contribution in [1.82, 2.24) is 9.88 Å². The van der Waals surface area contributed by atoms with Crippen LogP contribution in [0.1, 0.15) is 44.9 Å². The van der Waals surface area contributed by atoms with Crippen LogP contribution in [0.5, 0.6) is 5.75 Å². The molecule has 2 aliphatic heterocycles. The van der Waals surface area contributed by atoms with Crippen molar-refractivity contribution in [3.8, 4) is 5.75 Å². The lowest BCUT2D eigenvalue weighted by Crippen LogP contribution is -2.52. The first kappa shape index (κ1) is 22.7. The summed E-state index contributed by atoms with van der Waals surface area (Å²) in [5.74, 6) is 1.76. The van der Waals surface area contributed by atoms with E-state index in [9.17, 15) is 9.59 Å². The number of amides is 2. The fourth-order valence-electron chi connectivity index (χ4n) is 5.26. The van der Waals surface area contributed by atoms with Gasteiger partial charge in [-0.15, -0.1) is 0 Å². The molecule has 34 heavy (non-hydrogen) atoms. The Bertz CT molecular complexity index is 961. The molecule has 1 aliphatic carbocycles. The second kappa shape index (κ2) is 10.5. The highest BCUT2D eigenvalue weighted by atomic mass is 16.5. The van der Waals surface area contributed by atoms with Gasteiger partial charge >= 0.3 is 0 Å². The van der Waals surface area contributed by atoms with E-state index in [0.717, 1.165) is 49.5 Å². The summed E-state index contributed by atoms with van der Waals surface area (Å²) in [5.41, 5.74) is 1.83. The van der Waals surface area contributed by atoms with E-state index in [2.05, 4.69) is 15.2 Å². The molecule has 180 valence electrons. The predicted molar refractivity (Wildman–Crippen MR) is 132 cm³/mol. The molecule has 2 aromatic rings. The largest absolute Gasteiger partial charge is 0.490 e. The minimum absolute atomic E-state index is 0.0160. The highest BCUT2D eigenvalue weighted by molar-refractivity contribution is 5.94. The molecule has 3 fully saturated rings. The van der Waals surface area contributed by atoms with Crippen molar-refractivity contribution in [1.29, 1.82) is 0 Å². The van der Waals surface area contributed by atoms with Crippen LogP contribution in [0.2, 0.25) is 0 Å². The van der Waals surface area contributed by atoms with Crippen LogP contribution in [0.3, 0.4) is 0 Å². The second-order valence-electron chi connectivity index (χ2n) is 9.88. The maximum Gasteiger partial charge on any atom is 0.231 e. The second-order valence-corrected chi connectivity index (χ2v) is 9.88. The molecule has 7 nitrogen and oxygen atoms in total. The Morgan fingerprint density at radius 2 is 1.74 bits per heavy atom. The summed E-state index contributed by atoms with van der Waals surface area (Å²) >= 11 is 0. The van der Waals surface area contributed by atoms with E-state index in [1.54, 1.807) is 6.20 Å². The number of rotatable bonds is 7. The van der Waals surface area contributed by atoms with E-state index in [4.69, 9.17) is 4.74 Å². The van der Waals surface area contributed by atoms with Crippen LogP contribution in [0, 0.1) is 11.8 Å². The summed E-state index contributed by atoms with van der Waals surface area (Å²) in [7, 11) is 0. The standard InChI is InChI=1S/C27H34N4O3/c32-26(16-20-4-1-2-5-20)30-14-11-25(12-15-30)34-24-9-7-22(8-10-24)29-27(33)21-18-31(19-21)23-6-3-13-28-17-23/h3,6-10,13,17,20-21,25H,1-2,4-5,11-12,14-16,18-19H2,(H,29,33). The maximum absolute atomic E-state index is 12.6. The van der Waals surface area contributed by atoms with Crippen LogP contribution in [-0.4, -0.2) is 54.0 Å². The molecule has 0 spiro atoms. The summed E-state index contributed by atoms with van der Waals surface area (Å²) in [4.78, 5) is 33.4. The van der Waals surface area contributed by atoms with Crippen molar-refractivity contribution in [3.05, 3.63) is 48.8 Å². The Hall–Kier alpha value is -3.09. The number of carbonyl (C=O) groups excluding carboxylic acids is 2. The van der Waals surface area contributed by atoms with Crippen molar-refractivity contribution in [2.45, 2.75) is 51.0 Å². The SMILES string of the molecule is O=C(Nc1ccc(OC2CCN(C(=O)CC3CCCC3)CC2)cc1)C1CN(c2cccnc2)C1. The molecule has 2 saturated heterocycles. The number of ether oxygens (including phenoxy) is 1. The van der Waals surface area contributed by atoms with Gasteiger partial charge in [0.2, 0.25) is 11.8 Å². The highest BCUT2D eigenvalue weighted by Crippen LogP contribution is 2.29. The molecule has 1 N–H and O–H groups in total. The number of nitrogens with one attached hydrogen (secondary N) is 1. The highest BCUT2D eigenvalue weighted by Gasteiger charge is 2.33. The van der Waals surface area contributed by atoms with Crippen molar-refractivity contribution in [2.75, 3.05) is 36.4 Å². The van der Waals surface area contributed by atoms with Gasteiger partial charge in [0.1, 0.15) is 11.9 Å². The van der Waals surface area contributed by atoms with Crippen LogP contribution in [-0.2, 0) is 9.59 Å². The van der Waals surface area contributed by atoms with E-state index in [1.165, 1.54) is 25.7 Å². The Balaban J connectivity index is 1.03. The lowest BCUT2D eigenvalue weighted by atomic mass is 9.98. The van der Waals surface area contributed by atoms with Crippen molar-refractivity contribution in [3.63, 3.8) is 0 Å². The van der Waals surface area contributed by atoms with Crippen LogP contribution in [0.4, 0.5) is 11.4 Å². The summed E-state index contributed by atoms with van der Waals surface area (Å²) in [6.45, 7) is 2.98. The molecule has 0 bridgehead atoms. The van der Waals surface area contributed by atoms with Crippen molar-refractivity contribution < 1.29 is 14.3 Å². The number of pyridine rings is 1. The number of piperidine rings is 1. The summed E-state index contributed by atoms with van der Waals surface area (Å²) < 4.78 is 6.16. The average molecular weight is 463 g/mol. The lowest BCUT2D eigenvalue weighted by molar-refractivity contribution is -0.134. The zero-order valence-electron chi connectivity index (χ0n) is 19.7. The maximum atomic E-state index is 12.6. The number of hydrogen-bond acceptors (Lipinski definition) is 5. The van der Waals surface area contributed by atoms with Crippen LogP contribution in [0.15, 0.2) is 48.8 Å². The quantitative estimate of drug-likeness (QED) is 0.670. The topological polar surface area (TPSA) is 74.8 Å². The fraction of sp³-hybridized carbons (Fsp3) is 0.519. The van der Waals surface area contributed by atoms with Crippen molar-refractivity contribution >= 4 is 23.2 Å². The van der Waals surface area contributed by atoms with Crippen LogP contribution in [0.25, 0.3) is 0 Å². The minimum Gasteiger partial charge on any atom is -0.490 e. The molecule has 2 amide bonds. The number of aromatic nitrogens is 1. The predicted octanol–water partition coefficient (Wildman–Crippen LogP) is 4.11. The van der Waals surface area contributed by atoms with Gasteiger partial charge in [0, 0.05) is 57.3 Å². The molecule has 0 atom stereocenters. The van der Waals surface area contributed by atoms with E-state index in [-0.39, 0.29) is 17.9 Å². The zero-order valence-corrected chi connectivity index (χ0v) is 19.7. The van der Waals surface area contributed by atoms with Gasteiger partial charge in [0.25, 0.3) is 0 Å². The minimum atomic E-state index is -0.0160. The van der Waals surface area contributed by atoms with Gasteiger partial charge in [-0.05, 0) is 55.2 Å². The number of likely N-dealkylation sites (tertiary alicyclic amines) is 1.